The number of nitriles is 1. The highest BCUT2D eigenvalue weighted by molar-refractivity contribution is 7.42. The van der Waals surface area contributed by atoms with E-state index in [1.54, 1.807) is 0 Å². The van der Waals surface area contributed by atoms with E-state index in [0.717, 1.165) is 56.7 Å². The smallest absolute Gasteiger partial charge is 0.121 e. The maximum atomic E-state index is 10.5. The predicted octanol–water partition coefficient (Wildman–Crippen LogP) is 8.04. The molecule has 4 heteroatoms. The van der Waals surface area contributed by atoms with Gasteiger partial charge in [0.05, 0.1) is 18.2 Å². The van der Waals surface area contributed by atoms with Crippen LogP contribution in [0.5, 0.6) is 5.75 Å². The first-order valence-corrected chi connectivity index (χ1v) is 13.5. The molecule has 0 bridgehead atoms. The van der Waals surface area contributed by atoms with E-state index in [1.807, 2.05) is 48.5 Å². The van der Waals surface area contributed by atoms with E-state index in [4.69, 9.17) is 4.74 Å². The number of fused-ring (bicyclic) bond motifs is 1. The fraction of sp³-hybridized carbons (Fsp3) is 0.156. The average Bonchev–Trinajstić information content (AvgIpc) is 2.94. The van der Waals surface area contributed by atoms with Crippen molar-refractivity contribution in [3.63, 3.8) is 0 Å². The van der Waals surface area contributed by atoms with Crippen LogP contribution in [0.3, 0.4) is 0 Å². The molecule has 36 heavy (non-hydrogen) atoms. The van der Waals surface area contributed by atoms with Crippen molar-refractivity contribution in [1.82, 2.24) is 0 Å². The molecule has 0 amide bonds. The van der Waals surface area contributed by atoms with E-state index in [1.165, 1.54) is 0 Å². The standard InChI is InChI=1S/C32H28NO2P/c1-2-22-12-13-26(31(34)17-22)20-35-32(27-9-6-16-36-21-27)24-14-15-25(19-33)30(18-24)29-11-5-8-23-7-3-4-10-28(23)29/h3-15,17-18,21,32,34,36H,2,16,20H2,1H3. The van der Waals surface area contributed by atoms with Gasteiger partial charge < -0.3 is 9.84 Å². The van der Waals surface area contributed by atoms with Crippen LogP contribution in [-0.4, -0.2) is 11.3 Å². The van der Waals surface area contributed by atoms with Crippen molar-refractivity contribution in [2.75, 3.05) is 6.16 Å². The minimum absolute atomic E-state index is 0.263. The highest BCUT2D eigenvalue weighted by atomic mass is 31.1. The summed E-state index contributed by atoms with van der Waals surface area (Å²) in [5.74, 6) is 2.51. The summed E-state index contributed by atoms with van der Waals surface area (Å²) in [6.07, 6.45) is 5.94. The van der Waals surface area contributed by atoms with Gasteiger partial charge in [0.25, 0.3) is 0 Å². The van der Waals surface area contributed by atoms with E-state index in [9.17, 15) is 10.4 Å². The van der Waals surface area contributed by atoms with Crippen LogP contribution in [0.1, 0.15) is 35.3 Å². The Morgan fingerprint density at radius 3 is 2.64 bits per heavy atom. The Bertz CT molecular complexity index is 1510. The lowest BCUT2D eigenvalue weighted by Gasteiger charge is -2.23. The summed E-state index contributed by atoms with van der Waals surface area (Å²) in [6.45, 7) is 2.36. The summed E-state index contributed by atoms with van der Waals surface area (Å²) in [6, 6.07) is 28.6. The molecule has 178 valence electrons. The van der Waals surface area contributed by atoms with Crippen molar-refractivity contribution < 1.29 is 9.84 Å². The van der Waals surface area contributed by atoms with Crippen LogP contribution >= 0.6 is 8.58 Å². The number of nitrogens with zero attached hydrogens (tertiary/aromatic N) is 1. The van der Waals surface area contributed by atoms with Gasteiger partial charge >= 0.3 is 0 Å². The van der Waals surface area contributed by atoms with E-state index in [2.05, 4.69) is 61.3 Å². The number of aromatic hydroxyl groups is 1. The largest absolute Gasteiger partial charge is 0.508 e. The molecule has 3 nitrogen and oxygen atoms in total. The lowest BCUT2D eigenvalue weighted by Crippen LogP contribution is -2.08. The summed E-state index contributed by atoms with van der Waals surface area (Å²) in [5.41, 5.74) is 6.53. The zero-order valence-corrected chi connectivity index (χ0v) is 21.2. The van der Waals surface area contributed by atoms with Gasteiger partial charge in [-0.2, -0.15) is 5.26 Å². The molecule has 1 aliphatic rings. The maximum Gasteiger partial charge on any atom is 0.121 e. The lowest BCUT2D eigenvalue weighted by atomic mass is 9.91. The Labute approximate surface area is 214 Å². The molecule has 0 spiro atoms. The van der Waals surface area contributed by atoms with E-state index in [-0.39, 0.29) is 11.9 Å². The molecule has 0 saturated carbocycles. The third-order valence-electron chi connectivity index (χ3n) is 6.63. The van der Waals surface area contributed by atoms with Gasteiger partial charge in [-0.05, 0) is 63.8 Å². The first-order valence-electron chi connectivity index (χ1n) is 12.2. The van der Waals surface area contributed by atoms with E-state index in [0.29, 0.717) is 20.8 Å². The number of hydrogen-bond acceptors (Lipinski definition) is 3. The quantitative estimate of drug-likeness (QED) is 0.267. The second-order valence-corrected chi connectivity index (χ2v) is 10.0. The van der Waals surface area contributed by atoms with Gasteiger partial charge in [0, 0.05) is 11.1 Å². The van der Waals surface area contributed by atoms with Crippen LogP contribution < -0.4 is 0 Å². The van der Waals surface area contributed by atoms with Crippen LogP contribution in [0.15, 0.2) is 102 Å². The van der Waals surface area contributed by atoms with Gasteiger partial charge in [0.15, 0.2) is 0 Å². The van der Waals surface area contributed by atoms with Gasteiger partial charge in [0.2, 0.25) is 0 Å². The van der Waals surface area contributed by atoms with Gasteiger partial charge in [-0.3, -0.25) is 0 Å². The Balaban J connectivity index is 1.56. The molecule has 0 aromatic heterocycles. The first kappa shape index (κ1) is 24.0. The number of ether oxygens (including phenoxy) is 1. The molecule has 2 unspecified atom stereocenters. The molecule has 4 aromatic rings. The van der Waals surface area contributed by atoms with Gasteiger partial charge in [-0.25, -0.2) is 0 Å². The summed E-state index contributed by atoms with van der Waals surface area (Å²) < 4.78 is 6.50. The number of aryl methyl sites for hydroxylation is 1. The lowest BCUT2D eigenvalue weighted by molar-refractivity contribution is 0.0651. The van der Waals surface area contributed by atoms with Crippen molar-refractivity contribution in [2.45, 2.75) is 26.1 Å². The molecule has 0 fully saturated rings. The predicted molar refractivity (Wildman–Crippen MR) is 150 cm³/mol. The van der Waals surface area contributed by atoms with Gasteiger partial charge in [0.1, 0.15) is 11.9 Å². The summed E-state index contributed by atoms with van der Waals surface area (Å²) in [4.78, 5) is 0. The molecule has 0 aliphatic carbocycles. The van der Waals surface area contributed by atoms with Crippen molar-refractivity contribution in [3.8, 4) is 22.9 Å². The number of phenols is 1. The molecule has 5 rings (SSSR count). The average molecular weight is 490 g/mol. The zero-order valence-electron chi connectivity index (χ0n) is 20.2. The first-order chi connectivity index (χ1) is 17.7. The Morgan fingerprint density at radius 1 is 1.00 bits per heavy atom. The zero-order chi connectivity index (χ0) is 24.9. The minimum Gasteiger partial charge on any atom is -0.508 e. The molecule has 2 atom stereocenters. The topological polar surface area (TPSA) is 53.2 Å². The van der Waals surface area contributed by atoms with Crippen LogP contribution in [0, 0.1) is 11.3 Å². The second kappa shape index (κ2) is 10.9. The van der Waals surface area contributed by atoms with Crippen LogP contribution in [0.4, 0.5) is 0 Å². The summed E-state index contributed by atoms with van der Waals surface area (Å²) in [7, 11) is 0.711. The SMILES string of the molecule is CCc1ccc(COC(C2=CPCC=C2)c2ccc(C#N)c(-c3cccc4ccccc34)c2)c(O)c1. The van der Waals surface area contributed by atoms with Crippen molar-refractivity contribution in [1.29, 1.82) is 5.26 Å². The van der Waals surface area contributed by atoms with Crippen molar-refractivity contribution in [3.05, 3.63) is 125 Å². The van der Waals surface area contributed by atoms with E-state index < -0.39 is 0 Å². The molecule has 1 heterocycles. The molecule has 0 saturated heterocycles. The van der Waals surface area contributed by atoms with Gasteiger partial charge in [-0.1, -0.05) is 94.1 Å². The minimum atomic E-state index is -0.305. The number of phenolic OH excluding ortho intramolecular Hbond substituents is 1. The molecular weight excluding hydrogens is 461 g/mol. The third-order valence-corrected chi connectivity index (χ3v) is 7.64. The molecule has 4 aromatic carbocycles. The monoisotopic (exact) mass is 489 g/mol. The Kier molecular flexibility index (Phi) is 7.28. The number of benzene rings is 4. The summed E-state index contributed by atoms with van der Waals surface area (Å²) >= 11 is 0. The number of allylic oxidation sites excluding steroid dienone is 1. The van der Waals surface area contributed by atoms with Crippen molar-refractivity contribution >= 4 is 19.4 Å². The number of rotatable bonds is 7. The van der Waals surface area contributed by atoms with Crippen LogP contribution in [-0.2, 0) is 17.8 Å². The fourth-order valence-corrected chi connectivity index (χ4v) is 5.52. The van der Waals surface area contributed by atoms with Crippen LogP contribution in [0.2, 0.25) is 0 Å². The summed E-state index contributed by atoms with van der Waals surface area (Å²) in [5, 5.41) is 22.7. The highest BCUT2D eigenvalue weighted by Crippen LogP contribution is 2.38. The fourth-order valence-electron chi connectivity index (χ4n) is 4.67. The molecule has 0 radical (unpaired) electrons. The highest BCUT2D eigenvalue weighted by Gasteiger charge is 2.20. The molecule has 1 aliphatic heterocycles. The Morgan fingerprint density at radius 2 is 1.86 bits per heavy atom. The van der Waals surface area contributed by atoms with Crippen LogP contribution in [0.25, 0.3) is 21.9 Å². The third kappa shape index (κ3) is 4.98. The van der Waals surface area contributed by atoms with E-state index >= 15 is 0 Å². The maximum absolute atomic E-state index is 10.5. The molecule has 1 N–H and O–H groups in total. The van der Waals surface area contributed by atoms with Crippen molar-refractivity contribution in [2.24, 2.45) is 0 Å². The number of hydrogen-bond donors (Lipinski definition) is 1. The van der Waals surface area contributed by atoms with Gasteiger partial charge in [-0.15, -0.1) is 0 Å². The molecular formula is C32H28NO2P. The second-order valence-electron chi connectivity index (χ2n) is 8.91. The normalized spacial score (nSPS) is 14.5. The Hall–Kier alpha value is -3.70.